The molecule has 0 fully saturated rings. The molecule has 1 heterocycles. The lowest BCUT2D eigenvalue weighted by atomic mass is 10.2. The Morgan fingerprint density at radius 1 is 1.14 bits per heavy atom. The summed E-state index contributed by atoms with van der Waals surface area (Å²) in [5.74, 6) is 0.325. The molecule has 0 bridgehead atoms. The number of para-hydroxylation sites is 1. The van der Waals surface area contributed by atoms with Crippen LogP contribution >= 0.6 is 11.6 Å². The number of carbonyl (C=O) groups excluding carboxylic acids is 1. The second kappa shape index (κ2) is 5.99. The summed E-state index contributed by atoms with van der Waals surface area (Å²) in [4.78, 5) is 19.8. The highest BCUT2D eigenvalue weighted by Crippen LogP contribution is 2.23. The molecule has 0 radical (unpaired) electrons. The largest absolute Gasteiger partial charge is 0.326 e. The van der Waals surface area contributed by atoms with E-state index in [1.807, 2.05) is 36.4 Å². The number of nitrogens with one attached hydrogen (secondary N) is 2. The molecule has 0 atom stereocenters. The first-order chi connectivity index (χ1) is 10.6. The van der Waals surface area contributed by atoms with Crippen LogP contribution in [0.3, 0.4) is 0 Å². The Balaban J connectivity index is 1.89. The molecule has 0 aliphatic carbocycles. The quantitative estimate of drug-likeness (QED) is 0.767. The van der Waals surface area contributed by atoms with Crippen molar-refractivity contribution in [1.82, 2.24) is 9.97 Å². The molecule has 0 aliphatic rings. The number of hydrogen-bond donors (Lipinski definition) is 2. The molecule has 0 saturated carbocycles. The molecule has 0 aliphatic heterocycles. The topological polar surface area (TPSA) is 66.9 Å². The average Bonchev–Trinajstić information content (AvgIpc) is 2.48. The summed E-state index contributed by atoms with van der Waals surface area (Å²) < 4.78 is 0. The highest BCUT2D eigenvalue weighted by molar-refractivity contribution is 6.35. The van der Waals surface area contributed by atoms with Crippen molar-refractivity contribution >= 4 is 45.7 Å². The van der Waals surface area contributed by atoms with Gasteiger partial charge in [0.1, 0.15) is 0 Å². The molecule has 2 N–H and O–H groups in total. The van der Waals surface area contributed by atoms with Crippen LogP contribution in [-0.2, 0) is 4.79 Å². The van der Waals surface area contributed by atoms with Crippen molar-refractivity contribution in [2.45, 2.75) is 6.92 Å². The SMILES string of the molecule is CC(=O)Nc1cccc(Nc2ncc3cccc(Cl)c3n2)c1. The summed E-state index contributed by atoms with van der Waals surface area (Å²) in [6, 6.07) is 12.9. The summed E-state index contributed by atoms with van der Waals surface area (Å²) in [7, 11) is 0. The zero-order valence-corrected chi connectivity index (χ0v) is 12.6. The van der Waals surface area contributed by atoms with Gasteiger partial charge in [-0.2, -0.15) is 0 Å². The van der Waals surface area contributed by atoms with Crippen molar-refractivity contribution in [2.24, 2.45) is 0 Å². The van der Waals surface area contributed by atoms with Gasteiger partial charge >= 0.3 is 0 Å². The predicted octanol–water partition coefficient (Wildman–Crippen LogP) is 3.99. The fraction of sp³-hybridized carbons (Fsp3) is 0.0625. The van der Waals surface area contributed by atoms with Crippen molar-refractivity contribution in [3.8, 4) is 0 Å². The van der Waals surface area contributed by atoms with E-state index in [1.165, 1.54) is 6.92 Å². The zero-order valence-electron chi connectivity index (χ0n) is 11.8. The number of hydrogen-bond acceptors (Lipinski definition) is 4. The maximum Gasteiger partial charge on any atom is 0.227 e. The first-order valence-electron chi connectivity index (χ1n) is 6.68. The lowest BCUT2D eigenvalue weighted by Gasteiger charge is -2.08. The normalized spacial score (nSPS) is 10.5. The number of fused-ring (bicyclic) bond motifs is 1. The fourth-order valence-electron chi connectivity index (χ4n) is 2.09. The molecular formula is C16H13ClN4O. The highest BCUT2D eigenvalue weighted by atomic mass is 35.5. The van der Waals surface area contributed by atoms with Crippen LogP contribution in [0.25, 0.3) is 10.9 Å². The van der Waals surface area contributed by atoms with Gasteiger partial charge in [0.2, 0.25) is 11.9 Å². The Morgan fingerprint density at radius 2 is 1.91 bits per heavy atom. The Morgan fingerprint density at radius 3 is 2.73 bits per heavy atom. The van der Waals surface area contributed by atoms with Gasteiger partial charge in [0.15, 0.2) is 0 Å². The number of anilines is 3. The van der Waals surface area contributed by atoms with Crippen molar-refractivity contribution in [1.29, 1.82) is 0 Å². The van der Waals surface area contributed by atoms with Gasteiger partial charge in [-0.05, 0) is 24.3 Å². The van der Waals surface area contributed by atoms with E-state index in [-0.39, 0.29) is 5.91 Å². The number of carbonyl (C=O) groups is 1. The Kier molecular flexibility index (Phi) is 3.89. The van der Waals surface area contributed by atoms with E-state index in [2.05, 4.69) is 20.6 Å². The first-order valence-corrected chi connectivity index (χ1v) is 7.05. The van der Waals surface area contributed by atoms with E-state index in [1.54, 1.807) is 12.3 Å². The van der Waals surface area contributed by atoms with Crippen molar-refractivity contribution in [2.75, 3.05) is 10.6 Å². The van der Waals surface area contributed by atoms with Gasteiger partial charge in [-0.3, -0.25) is 4.79 Å². The second-order valence-corrected chi connectivity index (χ2v) is 5.17. The summed E-state index contributed by atoms with van der Waals surface area (Å²) in [5.41, 5.74) is 2.17. The molecule has 3 rings (SSSR count). The van der Waals surface area contributed by atoms with E-state index in [9.17, 15) is 4.79 Å². The van der Waals surface area contributed by atoms with E-state index < -0.39 is 0 Å². The van der Waals surface area contributed by atoms with Gasteiger partial charge in [0.05, 0.1) is 10.5 Å². The van der Waals surface area contributed by atoms with E-state index in [0.717, 1.165) is 11.1 Å². The van der Waals surface area contributed by atoms with Crippen LogP contribution in [-0.4, -0.2) is 15.9 Å². The van der Waals surface area contributed by atoms with Crippen molar-refractivity contribution in [3.05, 3.63) is 53.7 Å². The van der Waals surface area contributed by atoms with Gasteiger partial charge < -0.3 is 10.6 Å². The fourth-order valence-corrected chi connectivity index (χ4v) is 2.31. The number of amides is 1. The number of aromatic nitrogens is 2. The molecule has 6 heteroatoms. The third kappa shape index (κ3) is 3.15. The molecule has 1 aromatic heterocycles. The predicted molar refractivity (Wildman–Crippen MR) is 88.6 cm³/mol. The van der Waals surface area contributed by atoms with E-state index in [0.29, 0.717) is 22.2 Å². The van der Waals surface area contributed by atoms with Crippen LogP contribution < -0.4 is 10.6 Å². The molecule has 1 amide bonds. The van der Waals surface area contributed by atoms with E-state index in [4.69, 9.17) is 11.6 Å². The second-order valence-electron chi connectivity index (χ2n) is 4.76. The summed E-state index contributed by atoms with van der Waals surface area (Å²) in [6.45, 7) is 1.47. The Bertz CT molecular complexity index is 850. The van der Waals surface area contributed by atoms with Crippen molar-refractivity contribution in [3.63, 3.8) is 0 Å². The molecule has 5 nitrogen and oxygen atoms in total. The van der Waals surface area contributed by atoms with Crippen molar-refractivity contribution < 1.29 is 4.79 Å². The molecule has 0 unspecified atom stereocenters. The van der Waals surface area contributed by atoms with Crippen LogP contribution in [0, 0.1) is 0 Å². The van der Waals surface area contributed by atoms with Crippen LogP contribution in [0.15, 0.2) is 48.7 Å². The minimum Gasteiger partial charge on any atom is -0.326 e. The van der Waals surface area contributed by atoms with Crippen LogP contribution in [0.5, 0.6) is 0 Å². The number of rotatable bonds is 3. The molecule has 2 aromatic carbocycles. The Hall–Kier alpha value is -2.66. The van der Waals surface area contributed by atoms with Gasteiger partial charge in [-0.1, -0.05) is 29.8 Å². The number of benzene rings is 2. The number of halogens is 1. The summed E-state index contributed by atoms with van der Waals surface area (Å²) >= 11 is 6.15. The molecule has 3 aromatic rings. The molecule has 22 heavy (non-hydrogen) atoms. The highest BCUT2D eigenvalue weighted by Gasteiger charge is 2.04. The van der Waals surface area contributed by atoms with Gasteiger partial charge in [-0.15, -0.1) is 0 Å². The molecule has 110 valence electrons. The molecule has 0 spiro atoms. The average molecular weight is 313 g/mol. The molecular weight excluding hydrogens is 300 g/mol. The Labute approximate surface area is 132 Å². The summed E-state index contributed by atoms with van der Waals surface area (Å²) in [5, 5.41) is 7.29. The first kappa shape index (κ1) is 14.3. The summed E-state index contributed by atoms with van der Waals surface area (Å²) in [6.07, 6.45) is 1.72. The van der Waals surface area contributed by atoms with Crippen LogP contribution in [0.2, 0.25) is 5.02 Å². The van der Waals surface area contributed by atoms with Crippen LogP contribution in [0.1, 0.15) is 6.92 Å². The minimum absolute atomic E-state index is 0.120. The maximum absolute atomic E-state index is 11.1. The minimum atomic E-state index is -0.120. The number of nitrogens with zero attached hydrogens (tertiary/aromatic N) is 2. The van der Waals surface area contributed by atoms with Gasteiger partial charge in [0.25, 0.3) is 0 Å². The van der Waals surface area contributed by atoms with Gasteiger partial charge in [0, 0.05) is 29.9 Å². The third-order valence-corrected chi connectivity index (χ3v) is 3.31. The standard InChI is InChI=1S/C16H13ClN4O/c1-10(22)19-12-5-3-6-13(8-12)20-16-18-9-11-4-2-7-14(17)15(11)21-16/h2-9H,1H3,(H,19,22)(H,18,20,21). The third-order valence-electron chi connectivity index (χ3n) is 3.00. The smallest absolute Gasteiger partial charge is 0.227 e. The van der Waals surface area contributed by atoms with Crippen LogP contribution in [0.4, 0.5) is 17.3 Å². The van der Waals surface area contributed by atoms with E-state index >= 15 is 0 Å². The van der Waals surface area contributed by atoms with Gasteiger partial charge in [-0.25, -0.2) is 9.97 Å². The lowest BCUT2D eigenvalue weighted by molar-refractivity contribution is -0.114. The lowest BCUT2D eigenvalue weighted by Crippen LogP contribution is -2.06. The monoisotopic (exact) mass is 312 g/mol. The molecule has 0 saturated heterocycles. The maximum atomic E-state index is 11.1. The zero-order chi connectivity index (χ0) is 15.5.